The highest BCUT2D eigenvalue weighted by Gasteiger charge is 2.27. The number of ether oxygens (including phenoxy) is 2. The molecular formula is C26H25N3O7. The highest BCUT2D eigenvalue weighted by molar-refractivity contribution is 5.99. The van der Waals surface area contributed by atoms with Gasteiger partial charge in [-0.1, -0.05) is 36.4 Å². The van der Waals surface area contributed by atoms with Crippen molar-refractivity contribution in [1.82, 2.24) is 5.32 Å². The predicted molar refractivity (Wildman–Crippen MR) is 132 cm³/mol. The number of anilines is 1. The second-order valence-corrected chi connectivity index (χ2v) is 7.69. The van der Waals surface area contributed by atoms with Crippen molar-refractivity contribution in [3.8, 4) is 5.75 Å². The normalized spacial score (nSPS) is 11.2. The van der Waals surface area contributed by atoms with E-state index in [1.165, 1.54) is 12.1 Å². The average Bonchev–Trinajstić information content (AvgIpc) is 2.87. The standard InChI is InChI=1S/C26H25N3O7/c1-3-35-20-12-10-19(11-13-20)25(31)27-16-23(30)36-24(18-7-5-4-6-8-18)26(32)28-21-14-9-17(2)15-22(21)29(33)34/h4-15,24H,3,16H2,1-2H3,(H,27,31)(H,28,32). The van der Waals surface area contributed by atoms with Crippen LogP contribution in [0.2, 0.25) is 0 Å². The first kappa shape index (κ1) is 25.9. The number of hydrogen-bond donors (Lipinski definition) is 2. The van der Waals surface area contributed by atoms with Crippen LogP contribution in [0.1, 0.15) is 34.5 Å². The summed E-state index contributed by atoms with van der Waals surface area (Å²) in [5.41, 5.74) is 1.00. The maximum absolute atomic E-state index is 13.0. The van der Waals surface area contributed by atoms with Crippen LogP contribution in [-0.2, 0) is 14.3 Å². The van der Waals surface area contributed by atoms with Crippen LogP contribution in [0.4, 0.5) is 11.4 Å². The minimum atomic E-state index is -1.40. The molecular weight excluding hydrogens is 466 g/mol. The Morgan fingerprint density at radius 2 is 1.69 bits per heavy atom. The van der Waals surface area contributed by atoms with Crippen molar-refractivity contribution in [3.63, 3.8) is 0 Å². The molecule has 0 aliphatic heterocycles. The van der Waals surface area contributed by atoms with Gasteiger partial charge in [-0.25, -0.2) is 0 Å². The molecule has 10 heteroatoms. The van der Waals surface area contributed by atoms with Crippen LogP contribution in [0.15, 0.2) is 72.8 Å². The van der Waals surface area contributed by atoms with Crippen LogP contribution >= 0.6 is 0 Å². The Morgan fingerprint density at radius 1 is 1.00 bits per heavy atom. The number of nitro groups is 1. The molecule has 10 nitrogen and oxygen atoms in total. The summed E-state index contributed by atoms with van der Waals surface area (Å²) >= 11 is 0. The van der Waals surface area contributed by atoms with Crippen LogP contribution in [0.5, 0.6) is 5.75 Å². The number of carbonyl (C=O) groups excluding carboxylic acids is 3. The Balaban J connectivity index is 1.70. The zero-order chi connectivity index (χ0) is 26.1. The molecule has 0 aliphatic carbocycles. The van der Waals surface area contributed by atoms with Crippen LogP contribution < -0.4 is 15.4 Å². The lowest BCUT2D eigenvalue weighted by Crippen LogP contribution is -2.33. The lowest BCUT2D eigenvalue weighted by molar-refractivity contribution is -0.384. The Bertz CT molecular complexity index is 1240. The number of rotatable bonds is 10. The summed E-state index contributed by atoms with van der Waals surface area (Å²) in [5.74, 6) is -1.54. The topological polar surface area (TPSA) is 137 Å². The molecule has 0 aliphatic rings. The summed E-state index contributed by atoms with van der Waals surface area (Å²) in [4.78, 5) is 48.8. The predicted octanol–water partition coefficient (Wildman–Crippen LogP) is 3.95. The number of nitrogens with zero attached hydrogens (tertiary/aromatic N) is 1. The largest absolute Gasteiger partial charge is 0.494 e. The van der Waals surface area contributed by atoms with Crippen LogP contribution in [-0.4, -0.2) is 35.9 Å². The number of amides is 2. The lowest BCUT2D eigenvalue weighted by Gasteiger charge is -2.18. The van der Waals surface area contributed by atoms with Crippen LogP contribution in [0.3, 0.4) is 0 Å². The molecule has 0 radical (unpaired) electrons. The van der Waals surface area contributed by atoms with Gasteiger partial charge < -0.3 is 20.1 Å². The van der Waals surface area contributed by atoms with Gasteiger partial charge in [0.25, 0.3) is 17.5 Å². The Labute approximate surface area is 207 Å². The SMILES string of the molecule is CCOc1ccc(C(=O)NCC(=O)OC(C(=O)Nc2ccc(C)cc2[N+](=O)[O-])c2ccccc2)cc1. The first-order chi connectivity index (χ1) is 17.3. The van der Waals surface area contributed by atoms with Crippen molar-refractivity contribution in [1.29, 1.82) is 0 Å². The third kappa shape index (κ3) is 6.89. The Hall–Kier alpha value is -4.73. The number of esters is 1. The number of nitro benzene ring substituents is 1. The van der Waals surface area contributed by atoms with Gasteiger partial charge in [-0.2, -0.15) is 0 Å². The van der Waals surface area contributed by atoms with E-state index in [0.29, 0.717) is 29.0 Å². The number of nitrogens with one attached hydrogen (secondary N) is 2. The molecule has 186 valence electrons. The molecule has 0 aromatic heterocycles. The fourth-order valence-corrected chi connectivity index (χ4v) is 3.29. The van der Waals surface area contributed by atoms with E-state index in [1.807, 2.05) is 6.92 Å². The van der Waals surface area contributed by atoms with E-state index in [1.54, 1.807) is 67.6 Å². The Kier molecular flexibility index (Phi) is 8.71. The van der Waals surface area contributed by atoms with E-state index in [-0.39, 0.29) is 11.4 Å². The summed E-state index contributed by atoms with van der Waals surface area (Å²) in [5, 5.41) is 16.3. The van der Waals surface area contributed by atoms with Crippen molar-refractivity contribution in [3.05, 3.63) is 99.6 Å². The van der Waals surface area contributed by atoms with E-state index in [2.05, 4.69) is 10.6 Å². The maximum atomic E-state index is 13.0. The molecule has 0 heterocycles. The molecule has 0 fully saturated rings. The molecule has 1 unspecified atom stereocenters. The van der Waals surface area contributed by atoms with Gasteiger partial charge in [0.1, 0.15) is 18.0 Å². The zero-order valence-electron chi connectivity index (χ0n) is 19.7. The molecule has 2 N–H and O–H groups in total. The third-order valence-electron chi connectivity index (χ3n) is 5.02. The number of carbonyl (C=O) groups is 3. The second kappa shape index (κ2) is 12.1. The summed E-state index contributed by atoms with van der Waals surface area (Å²) < 4.78 is 10.7. The van der Waals surface area contributed by atoms with Crippen molar-refractivity contribution in [2.45, 2.75) is 20.0 Å². The summed E-state index contributed by atoms with van der Waals surface area (Å²) in [6.45, 7) is 3.53. The molecule has 3 aromatic rings. The van der Waals surface area contributed by atoms with E-state index < -0.39 is 35.4 Å². The molecule has 2 amide bonds. The molecule has 1 atom stereocenters. The van der Waals surface area contributed by atoms with Crippen molar-refractivity contribution in [2.75, 3.05) is 18.5 Å². The highest BCUT2D eigenvalue weighted by atomic mass is 16.6. The third-order valence-corrected chi connectivity index (χ3v) is 5.02. The monoisotopic (exact) mass is 491 g/mol. The van der Waals surface area contributed by atoms with Gasteiger partial charge in [0, 0.05) is 17.2 Å². The number of aryl methyl sites for hydroxylation is 1. The lowest BCUT2D eigenvalue weighted by atomic mass is 10.1. The maximum Gasteiger partial charge on any atom is 0.326 e. The molecule has 3 aromatic carbocycles. The number of hydrogen-bond acceptors (Lipinski definition) is 7. The molecule has 3 rings (SSSR count). The van der Waals surface area contributed by atoms with Gasteiger partial charge in [0.15, 0.2) is 0 Å². The van der Waals surface area contributed by atoms with Gasteiger partial charge in [0.05, 0.1) is 11.5 Å². The van der Waals surface area contributed by atoms with Gasteiger partial charge in [-0.3, -0.25) is 24.5 Å². The summed E-state index contributed by atoms with van der Waals surface area (Å²) in [7, 11) is 0. The molecule has 0 saturated heterocycles. The minimum Gasteiger partial charge on any atom is -0.494 e. The minimum absolute atomic E-state index is 0.0311. The molecule has 36 heavy (non-hydrogen) atoms. The second-order valence-electron chi connectivity index (χ2n) is 7.69. The van der Waals surface area contributed by atoms with Crippen molar-refractivity contribution < 1.29 is 28.8 Å². The van der Waals surface area contributed by atoms with Crippen LogP contribution in [0, 0.1) is 17.0 Å². The van der Waals surface area contributed by atoms with Gasteiger partial charge in [-0.15, -0.1) is 0 Å². The van der Waals surface area contributed by atoms with E-state index in [0.717, 1.165) is 0 Å². The van der Waals surface area contributed by atoms with E-state index in [9.17, 15) is 24.5 Å². The fraction of sp³-hybridized carbons (Fsp3) is 0.192. The smallest absolute Gasteiger partial charge is 0.326 e. The van der Waals surface area contributed by atoms with Crippen molar-refractivity contribution >= 4 is 29.2 Å². The molecule has 0 spiro atoms. The van der Waals surface area contributed by atoms with E-state index >= 15 is 0 Å². The quantitative estimate of drug-likeness (QED) is 0.249. The van der Waals surface area contributed by atoms with Gasteiger partial charge >= 0.3 is 5.97 Å². The summed E-state index contributed by atoms with van der Waals surface area (Å²) in [6, 6.07) is 18.9. The van der Waals surface area contributed by atoms with Gasteiger partial charge in [0.2, 0.25) is 6.10 Å². The molecule has 0 saturated carbocycles. The molecule has 0 bridgehead atoms. The van der Waals surface area contributed by atoms with Gasteiger partial charge in [-0.05, 0) is 49.7 Å². The highest BCUT2D eigenvalue weighted by Crippen LogP contribution is 2.27. The first-order valence-electron chi connectivity index (χ1n) is 11.1. The zero-order valence-corrected chi connectivity index (χ0v) is 19.7. The average molecular weight is 492 g/mol. The number of benzene rings is 3. The van der Waals surface area contributed by atoms with E-state index in [4.69, 9.17) is 9.47 Å². The van der Waals surface area contributed by atoms with Crippen LogP contribution in [0.25, 0.3) is 0 Å². The first-order valence-corrected chi connectivity index (χ1v) is 11.1. The fourth-order valence-electron chi connectivity index (χ4n) is 3.29. The Morgan fingerprint density at radius 3 is 2.33 bits per heavy atom. The van der Waals surface area contributed by atoms with Crippen molar-refractivity contribution in [2.24, 2.45) is 0 Å². The summed E-state index contributed by atoms with van der Waals surface area (Å²) in [6.07, 6.45) is -1.40.